The number of sulfonamides is 1. The third kappa shape index (κ3) is 9.11. The number of halogens is 1. The Bertz CT molecular complexity index is 1680. The van der Waals surface area contributed by atoms with Gasteiger partial charge in [-0.05, 0) is 73.0 Å². The van der Waals surface area contributed by atoms with Gasteiger partial charge in [-0.3, -0.25) is 13.9 Å². The van der Waals surface area contributed by atoms with E-state index in [1.165, 1.54) is 24.1 Å². The van der Waals surface area contributed by atoms with E-state index in [9.17, 15) is 18.0 Å². The Morgan fingerprint density at radius 3 is 2.13 bits per heavy atom. The number of ether oxygens (including phenoxy) is 1. The van der Waals surface area contributed by atoms with Crippen molar-refractivity contribution in [3.05, 3.63) is 125 Å². The molecule has 242 valence electrons. The van der Waals surface area contributed by atoms with Crippen LogP contribution in [0.15, 0.2) is 108 Å². The number of aryl methyl sites for hydroxylation is 1. The summed E-state index contributed by atoms with van der Waals surface area (Å²) in [4.78, 5) is 29.8. The molecule has 0 saturated heterocycles. The van der Waals surface area contributed by atoms with Crippen LogP contribution in [-0.4, -0.2) is 51.4 Å². The van der Waals surface area contributed by atoms with Crippen LogP contribution in [0.1, 0.15) is 36.5 Å². The van der Waals surface area contributed by atoms with E-state index in [-0.39, 0.29) is 23.8 Å². The Hall–Kier alpha value is -4.34. The Balaban J connectivity index is 1.78. The molecule has 4 aromatic carbocycles. The fourth-order valence-electron chi connectivity index (χ4n) is 4.96. The number of benzene rings is 4. The van der Waals surface area contributed by atoms with E-state index in [0.717, 1.165) is 33.8 Å². The second-order valence-electron chi connectivity index (χ2n) is 11.0. The largest absolute Gasteiger partial charge is 0.497 e. The molecule has 0 aliphatic carbocycles. The summed E-state index contributed by atoms with van der Waals surface area (Å²) >= 11 is 6.15. The predicted octanol–water partition coefficient (Wildman–Crippen LogP) is 6.41. The van der Waals surface area contributed by atoms with Gasteiger partial charge in [0, 0.05) is 24.5 Å². The van der Waals surface area contributed by atoms with Crippen molar-refractivity contribution in [2.24, 2.45) is 0 Å². The summed E-state index contributed by atoms with van der Waals surface area (Å²) in [5.74, 6) is -0.331. The molecule has 1 unspecified atom stereocenters. The molecule has 0 aliphatic heterocycles. The fourth-order valence-corrected chi connectivity index (χ4v) is 6.50. The zero-order valence-corrected chi connectivity index (χ0v) is 27.9. The van der Waals surface area contributed by atoms with E-state index < -0.39 is 28.5 Å². The molecule has 1 atom stereocenters. The van der Waals surface area contributed by atoms with Gasteiger partial charge in [0.15, 0.2) is 0 Å². The second-order valence-corrected chi connectivity index (χ2v) is 13.3. The van der Waals surface area contributed by atoms with Crippen LogP contribution in [-0.2, 0) is 32.6 Å². The lowest BCUT2D eigenvalue weighted by atomic mass is 10.0. The highest BCUT2D eigenvalue weighted by atomic mass is 35.5. The minimum Gasteiger partial charge on any atom is -0.497 e. The SMILES string of the molecule is CCCCNC(=O)C(Cc1ccccc1)N(Cc1ccc(Cl)cc1)C(=O)CN(c1ccc(C)cc1)S(=O)(=O)c1ccc(OC)cc1. The first-order valence-corrected chi connectivity index (χ1v) is 17.0. The monoisotopic (exact) mass is 661 g/mol. The third-order valence-electron chi connectivity index (χ3n) is 7.62. The molecule has 0 aromatic heterocycles. The molecular formula is C36H40ClN3O5S. The molecule has 0 spiro atoms. The topological polar surface area (TPSA) is 96.0 Å². The van der Waals surface area contributed by atoms with Crippen molar-refractivity contribution >= 4 is 39.1 Å². The number of anilines is 1. The number of methoxy groups -OCH3 is 1. The van der Waals surface area contributed by atoms with Gasteiger partial charge in [-0.15, -0.1) is 0 Å². The highest BCUT2D eigenvalue weighted by molar-refractivity contribution is 7.92. The minimum atomic E-state index is -4.21. The van der Waals surface area contributed by atoms with Crippen LogP contribution in [0.4, 0.5) is 5.69 Å². The van der Waals surface area contributed by atoms with Crippen LogP contribution < -0.4 is 14.4 Å². The number of hydrogen-bond acceptors (Lipinski definition) is 5. The van der Waals surface area contributed by atoms with Gasteiger partial charge in [0.1, 0.15) is 18.3 Å². The average Bonchev–Trinajstić information content (AvgIpc) is 3.07. The van der Waals surface area contributed by atoms with Crippen molar-refractivity contribution in [2.75, 3.05) is 24.5 Å². The summed E-state index contributed by atoms with van der Waals surface area (Å²) in [5, 5.41) is 3.53. The summed E-state index contributed by atoms with van der Waals surface area (Å²) in [7, 11) is -2.71. The molecule has 46 heavy (non-hydrogen) atoms. The number of nitrogens with zero attached hydrogens (tertiary/aromatic N) is 2. The van der Waals surface area contributed by atoms with Crippen LogP contribution in [0, 0.1) is 6.92 Å². The number of hydrogen-bond donors (Lipinski definition) is 1. The third-order valence-corrected chi connectivity index (χ3v) is 9.66. The molecule has 1 N–H and O–H groups in total. The van der Waals surface area contributed by atoms with E-state index in [0.29, 0.717) is 23.0 Å². The summed E-state index contributed by atoms with van der Waals surface area (Å²) < 4.78 is 34.6. The van der Waals surface area contributed by atoms with E-state index in [1.807, 2.05) is 44.2 Å². The van der Waals surface area contributed by atoms with Gasteiger partial charge in [-0.2, -0.15) is 0 Å². The van der Waals surface area contributed by atoms with Crippen molar-refractivity contribution in [3.8, 4) is 5.75 Å². The molecule has 4 rings (SSSR count). The Morgan fingerprint density at radius 1 is 0.870 bits per heavy atom. The van der Waals surface area contributed by atoms with Gasteiger partial charge >= 0.3 is 0 Å². The zero-order chi connectivity index (χ0) is 33.1. The lowest BCUT2D eigenvalue weighted by Crippen LogP contribution is -2.53. The van der Waals surface area contributed by atoms with Gasteiger partial charge in [-0.1, -0.05) is 85.1 Å². The molecule has 10 heteroatoms. The highest BCUT2D eigenvalue weighted by Gasteiger charge is 2.34. The first kappa shape index (κ1) is 34.5. The second kappa shape index (κ2) is 16.3. The zero-order valence-electron chi connectivity index (χ0n) is 26.4. The highest BCUT2D eigenvalue weighted by Crippen LogP contribution is 2.27. The molecular weight excluding hydrogens is 622 g/mol. The lowest BCUT2D eigenvalue weighted by molar-refractivity contribution is -0.140. The van der Waals surface area contributed by atoms with Crippen LogP contribution in [0.2, 0.25) is 5.02 Å². The molecule has 0 saturated carbocycles. The lowest BCUT2D eigenvalue weighted by Gasteiger charge is -2.34. The standard InChI is InChI=1S/C36H40ClN3O5S/c1-4-5-23-38-36(42)34(24-28-9-7-6-8-10-28)39(25-29-13-15-30(37)16-14-29)35(41)26-40(31-17-11-27(2)12-18-31)46(43,44)33-21-19-32(45-3)20-22-33/h6-22,34H,4-5,23-26H2,1-3H3,(H,38,42). The molecule has 8 nitrogen and oxygen atoms in total. The van der Waals surface area contributed by atoms with Gasteiger partial charge in [-0.25, -0.2) is 8.42 Å². The maximum absolute atomic E-state index is 14.5. The number of carbonyl (C=O) groups excluding carboxylic acids is 2. The van der Waals surface area contributed by atoms with Crippen LogP contribution in [0.3, 0.4) is 0 Å². The van der Waals surface area contributed by atoms with Gasteiger partial charge < -0.3 is 15.0 Å². The fraction of sp³-hybridized carbons (Fsp3) is 0.278. The molecule has 2 amide bonds. The molecule has 0 fully saturated rings. The van der Waals surface area contributed by atoms with Crippen molar-refractivity contribution in [3.63, 3.8) is 0 Å². The smallest absolute Gasteiger partial charge is 0.264 e. The summed E-state index contributed by atoms with van der Waals surface area (Å²) in [6.07, 6.45) is 1.93. The van der Waals surface area contributed by atoms with E-state index >= 15 is 0 Å². The number of carbonyl (C=O) groups is 2. The summed E-state index contributed by atoms with van der Waals surface area (Å²) in [6.45, 7) is 3.94. The first-order valence-electron chi connectivity index (χ1n) is 15.2. The minimum absolute atomic E-state index is 0.00377. The number of nitrogens with one attached hydrogen (secondary N) is 1. The number of rotatable bonds is 15. The Labute approximate surface area is 277 Å². The van der Waals surface area contributed by atoms with Gasteiger partial charge in [0.2, 0.25) is 11.8 Å². The molecule has 0 bridgehead atoms. The number of amides is 2. The molecule has 0 heterocycles. The Morgan fingerprint density at radius 2 is 1.52 bits per heavy atom. The van der Waals surface area contributed by atoms with Crippen LogP contribution >= 0.6 is 11.6 Å². The van der Waals surface area contributed by atoms with Crippen molar-refractivity contribution in [2.45, 2.75) is 50.6 Å². The van der Waals surface area contributed by atoms with E-state index in [2.05, 4.69) is 5.32 Å². The van der Waals surface area contributed by atoms with Gasteiger partial charge in [0.25, 0.3) is 10.0 Å². The molecule has 0 radical (unpaired) electrons. The van der Waals surface area contributed by atoms with Crippen molar-refractivity contribution in [1.29, 1.82) is 0 Å². The van der Waals surface area contributed by atoms with Crippen molar-refractivity contribution in [1.82, 2.24) is 10.2 Å². The number of unbranched alkanes of at least 4 members (excludes halogenated alkanes) is 1. The first-order chi connectivity index (χ1) is 22.1. The van der Waals surface area contributed by atoms with Crippen LogP contribution in [0.25, 0.3) is 0 Å². The maximum Gasteiger partial charge on any atom is 0.264 e. The maximum atomic E-state index is 14.5. The normalized spacial score (nSPS) is 11.8. The average molecular weight is 662 g/mol. The van der Waals surface area contributed by atoms with E-state index in [4.69, 9.17) is 16.3 Å². The van der Waals surface area contributed by atoms with Gasteiger partial charge in [0.05, 0.1) is 17.7 Å². The quantitative estimate of drug-likeness (QED) is 0.149. The predicted molar refractivity (Wildman–Crippen MR) is 183 cm³/mol. The van der Waals surface area contributed by atoms with E-state index in [1.54, 1.807) is 60.7 Å². The molecule has 4 aromatic rings. The summed E-state index contributed by atoms with van der Waals surface area (Å²) in [6, 6.07) is 28.5. The van der Waals surface area contributed by atoms with Crippen LogP contribution in [0.5, 0.6) is 5.75 Å². The molecule has 0 aliphatic rings. The summed E-state index contributed by atoms with van der Waals surface area (Å²) in [5.41, 5.74) is 2.88. The Kier molecular flexibility index (Phi) is 12.2. The van der Waals surface area contributed by atoms with Crippen molar-refractivity contribution < 1.29 is 22.7 Å².